The number of hydrogen-bond donors (Lipinski definition) is 3. The first-order valence-corrected chi connectivity index (χ1v) is 5.28. The molecule has 0 aliphatic carbocycles. The van der Waals surface area contributed by atoms with E-state index in [0.717, 1.165) is 19.4 Å². The monoisotopic (exact) mass is 208 g/mol. The van der Waals surface area contributed by atoms with Crippen LogP contribution in [0.15, 0.2) is 17.2 Å². The molecule has 2 atom stereocenters. The van der Waals surface area contributed by atoms with Crippen molar-refractivity contribution in [3.8, 4) is 0 Å². The Morgan fingerprint density at radius 2 is 2.47 bits per heavy atom. The van der Waals surface area contributed by atoms with Gasteiger partial charge in [-0.05, 0) is 26.3 Å². The highest BCUT2D eigenvalue weighted by atomic mass is 16.1. The molecule has 15 heavy (non-hydrogen) atoms. The van der Waals surface area contributed by atoms with E-state index in [1.54, 1.807) is 0 Å². The van der Waals surface area contributed by atoms with E-state index < -0.39 is 0 Å². The lowest BCUT2D eigenvalue weighted by Crippen LogP contribution is -2.41. The Labute approximate surface area is 88.3 Å². The highest BCUT2D eigenvalue weighted by Crippen LogP contribution is 2.12. The van der Waals surface area contributed by atoms with Gasteiger partial charge in [-0.3, -0.25) is 4.79 Å². The maximum atomic E-state index is 11.0. The van der Waals surface area contributed by atoms with Gasteiger partial charge in [0.15, 0.2) is 0 Å². The predicted molar refractivity (Wildman–Crippen MR) is 59.0 cm³/mol. The summed E-state index contributed by atoms with van der Waals surface area (Å²) in [5.41, 5.74) is -0.116. The molecular formula is C10H16N4O. The number of piperidine rings is 1. The molecule has 2 rings (SSSR count). The zero-order valence-electron chi connectivity index (χ0n) is 8.79. The van der Waals surface area contributed by atoms with Gasteiger partial charge in [-0.1, -0.05) is 0 Å². The molecule has 2 heterocycles. The van der Waals surface area contributed by atoms with Crippen LogP contribution in [0.2, 0.25) is 0 Å². The molecular weight excluding hydrogens is 192 g/mol. The Kier molecular flexibility index (Phi) is 3.01. The maximum Gasteiger partial charge on any atom is 0.252 e. The Morgan fingerprint density at radius 1 is 1.60 bits per heavy atom. The number of nitrogens with one attached hydrogen (secondary N) is 3. The van der Waals surface area contributed by atoms with Gasteiger partial charge in [-0.2, -0.15) is 0 Å². The van der Waals surface area contributed by atoms with E-state index in [9.17, 15) is 4.79 Å². The van der Waals surface area contributed by atoms with Gasteiger partial charge in [-0.15, -0.1) is 0 Å². The van der Waals surface area contributed by atoms with Crippen molar-refractivity contribution >= 4 is 5.82 Å². The molecule has 0 saturated carbocycles. The molecule has 1 aromatic heterocycles. The summed E-state index contributed by atoms with van der Waals surface area (Å²) >= 11 is 0. The summed E-state index contributed by atoms with van der Waals surface area (Å²) in [6, 6.07) is 2.43. The Hall–Kier alpha value is -1.36. The second-order valence-corrected chi connectivity index (χ2v) is 4.02. The van der Waals surface area contributed by atoms with Crippen molar-refractivity contribution in [2.45, 2.75) is 31.8 Å². The molecule has 3 N–H and O–H groups in total. The molecule has 0 bridgehead atoms. The summed E-state index contributed by atoms with van der Waals surface area (Å²) < 4.78 is 0. The number of H-pyrrole nitrogens is 1. The third-order valence-electron chi connectivity index (χ3n) is 2.65. The summed E-state index contributed by atoms with van der Waals surface area (Å²) in [6.45, 7) is 3.18. The van der Waals surface area contributed by atoms with Gasteiger partial charge in [0.25, 0.3) is 5.56 Å². The number of nitrogens with zero attached hydrogens (tertiary/aromatic N) is 1. The number of hydrogen-bond acceptors (Lipinski definition) is 4. The summed E-state index contributed by atoms with van der Waals surface area (Å²) in [5, 5.41) is 6.66. The number of anilines is 1. The van der Waals surface area contributed by atoms with Gasteiger partial charge in [0.05, 0.1) is 6.33 Å². The average molecular weight is 208 g/mol. The van der Waals surface area contributed by atoms with E-state index in [2.05, 4.69) is 27.5 Å². The van der Waals surface area contributed by atoms with Gasteiger partial charge in [0.1, 0.15) is 5.82 Å². The first-order valence-electron chi connectivity index (χ1n) is 5.28. The largest absolute Gasteiger partial charge is 0.367 e. The highest BCUT2D eigenvalue weighted by Gasteiger charge is 2.18. The van der Waals surface area contributed by atoms with E-state index in [4.69, 9.17) is 0 Å². The number of aromatic nitrogens is 2. The molecule has 1 saturated heterocycles. The quantitative estimate of drug-likeness (QED) is 0.654. The zero-order valence-corrected chi connectivity index (χ0v) is 8.79. The van der Waals surface area contributed by atoms with Crippen LogP contribution in [0.25, 0.3) is 0 Å². The van der Waals surface area contributed by atoms with Crippen LogP contribution in [-0.4, -0.2) is 28.6 Å². The Bertz CT molecular complexity index is 376. The van der Waals surface area contributed by atoms with Crippen molar-refractivity contribution in [3.63, 3.8) is 0 Å². The fourth-order valence-corrected chi connectivity index (χ4v) is 1.92. The molecule has 82 valence electrons. The van der Waals surface area contributed by atoms with Gasteiger partial charge < -0.3 is 15.6 Å². The summed E-state index contributed by atoms with van der Waals surface area (Å²) in [6.07, 6.45) is 3.56. The van der Waals surface area contributed by atoms with E-state index in [1.807, 2.05) is 0 Å². The van der Waals surface area contributed by atoms with Gasteiger partial charge in [0.2, 0.25) is 0 Å². The summed E-state index contributed by atoms with van der Waals surface area (Å²) in [5.74, 6) is 0.665. The maximum absolute atomic E-state index is 11.0. The van der Waals surface area contributed by atoms with Crippen molar-refractivity contribution < 1.29 is 0 Å². The van der Waals surface area contributed by atoms with Crippen molar-refractivity contribution in [3.05, 3.63) is 22.7 Å². The SMILES string of the molecule is CC1CC(Nc2cc(=O)[nH]cn2)CCN1. The molecule has 1 aliphatic rings. The lowest BCUT2D eigenvalue weighted by molar-refractivity contribution is 0.396. The van der Waals surface area contributed by atoms with Crippen molar-refractivity contribution in [2.75, 3.05) is 11.9 Å². The first kappa shape index (κ1) is 10.2. The second kappa shape index (κ2) is 4.44. The molecule has 5 nitrogen and oxygen atoms in total. The van der Waals surface area contributed by atoms with Gasteiger partial charge >= 0.3 is 0 Å². The van der Waals surface area contributed by atoms with E-state index in [0.29, 0.717) is 17.9 Å². The fourth-order valence-electron chi connectivity index (χ4n) is 1.92. The van der Waals surface area contributed by atoms with Crippen LogP contribution in [0.1, 0.15) is 19.8 Å². The fraction of sp³-hybridized carbons (Fsp3) is 0.600. The second-order valence-electron chi connectivity index (χ2n) is 4.02. The Morgan fingerprint density at radius 3 is 3.20 bits per heavy atom. The van der Waals surface area contributed by atoms with Crippen LogP contribution in [0.5, 0.6) is 0 Å². The smallest absolute Gasteiger partial charge is 0.252 e. The molecule has 1 aliphatic heterocycles. The molecule has 1 fully saturated rings. The van der Waals surface area contributed by atoms with E-state index in [1.165, 1.54) is 12.4 Å². The normalized spacial score (nSPS) is 26.2. The zero-order chi connectivity index (χ0) is 10.7. The summed E-state index contributed by atoms with van der Waals surface area (Å²) in [7, 11) is 0. The molecule has 0 aromatic carbocycles. The highest BCUT2D eigenvalue weighted by molar-refractivity contribution is 5.33. The number of aromatic amines is 1. The van der Waals surface area contributed by atoms with Gasteiger partial charge in [0, 0.05) is 18.2 Å². The third kappa shape index (κ3) is 2.79. The molecule has 0 spiro atoms. The predicted octanol–water partition coefficient (Wildman–Crippen LogP) is 0.322. The van der Waals surface area contributed by atoms with Crippen LogP contribution in [0.3, 0.4) is 0 Å². The lowest BCUT2D eigenvalue weighted by Gasteiger charge is -2.28. The molecule has 1 aromatic rings. The summed E-state index contributed by atoms with van der Waals surface area (Å²) in [4.78, 5) is 17.6. The van der Waals surface area contributed by atoms with E-state index >= 15 is 0 Å². The molecule has 5 heteroatoms. The van der Waals surface area contributed by atoms with Crippen LogP contribution in [0, 0.1) is 0 Å². The minimum atomic E-state index is -0.116. The van der Waals surface area contributed by atoms with Crippen molar-refractivity contribution in [2.24, 2.45) is 0 Å². The number of rotatable bonds is 2. The standard InChI is InChI=1S/C10H16N4O/c1-7-4-8(2-3-11-7)14-9-5-10(15)13-6-12-9/h5-8,11H,2-4H2,1H3,(H2,12,13,14,15). The van der Waals surface area contributed by atoms with Crippen LogP contribution >= 0.6 is 0 Å². The minimum Gasteiger partial charge on any atom is -0.367 e. The van der Waals surface area contributed by atoms with Gasteiger partial charge in [-0.25, -0.2) is 4.98 Å². The first-order chi connectivity index (χ1) is 7.24. The molecule has 0 radical (unpaired) electrons. The molecule has 2 unspecified atom stereocenters. The van der Waals surface area contributed by atoms with Crippen LogP contribution in [-0.2, 0) is 0 Å². The topological polar surface area (TPSA) is 69.8 Å². The van der Waals surface area contributed by atoms with Crippen LogP contribution in [0.4, 0.5) is 5.82 Å². The van der Waals surface area contributed by atoms with E-state index in [-0.39, 0.29) is 5.56 Å². The van der Waals surface area contributed by atoms with Crippen molar-refractivity contribution in [1.82, 2.24) is 15.3 Å². The average Bonchev–Trinajstić information content (AvgIpc) is 2.17. The third-order valence-corrected chi connectivity index (χ3v) is 2.65. The lowest BCUT2D eigenvalue weighted by atomic mass is 10.0. The minimum absolute atomic E-state index is 0.116. The Balaban J connectivity index is 1.99. The molecule has 0 amide bonds. The van der Waals surface area contributed by atoms with Crippen molar-refractivity contribution in [1.29, 1.82) is 0 Å². The van der Waals surface area contributed by atoms with Crippen LogP contribution < -0.4 is 16.2 Å².